The first kappa shape index (κ1) is 11.8. The summed E-state index contributed by atoms with van der Waals surface area (Å²) in [6, 6.07) is 10.6. The number of benzene rings is 1. The summed E-state index contributed by atoms with van der Waals surface area (Å²) in [5.74, 6) is 0. The quantitative estimate of drug-likeness (QED) is 0.703. The van der Waals surface area contributed by atoms with Crippen LogP contribution in [0, 0.1) is 0 Å². The fraction of sp³-hybridized carbons (Fsp3) is 0.364. The van der Waals surface area contributed by atoms with Gasteiger partial charge in [0.1, 0.15) is 6.29 Å². The van der Waals surface area contributed by atoms with E-state index in [1.165, 1.54) is 12.5 Å². The van der Waals surface area contributed by atoms with E-state index in [-0.39, 0.29) is 6.04 Å². The summed E-state index contributed by atoms with van der Waals surface area (Å²) < 4.78 is 0. The van der Waals surface area contributed by atoms with Gasteiger partial charge in [-0.25, -0.2) is 0 Å². The molecular weight excluding hydrogens is 162 g/mol. The molecule has 1 aromatic rings. The summed E-state index contributed by atoms with van der Waals surface area (Å²) in [5.41, 5.74) is 6.94. The highest BCUT2D eigenvalue weighted by atomic mass is 16.1. The Balaban J connectivity index is 0.000000424. The van der Waals surface area contributed by atoms with Gasteiger partial charge in [-0.2, -0.15) is 0 Å². The van der Waals surface area contributed by atoms with Gasteiger partial charge in [-0.3, -0.25) is 0 Å². The molecule has 0 amide bonds. The highest BCUT2D eigenvalue weighted by Crippen LogP contribution is 2.00. The Morgan fingerprint density at radius 3 is 2.23 bits per heavy atom. The highest BCUT2D eigenvalue weighted by Gasteiger charge is 1.94. The number of carbonyl (C=O) groups is 1. The monoisotopic (exact) mass is 179 g/mol. The zero-order valence-corrected chi connectivity index (χ0v) is 8.23. The molecular formula is C11H17NO. The summed E-state index contributed by atoms with van der Waals surface area (Å²) >= 11 is 0. The van der Waals surface area contributed by atoms with Gasteiger partial charge >= 0.3 is 0 Å². The number of nitrogens with two attached hydrogens (primary N) is 1. The molecule has 0 bridgehead atoms. The second kappa shape index (κ2) is 7.50. The van der Waals surface area contributed by atoms with E-state index in [9.17, 15) is 0 Å². The van der Waals surface area contributed by atoms with Gasteiger partial charge in [0.15, 0.2) is 0 Å². The average Bonchev–Trinajstić information content (AvgIpc) is 2.06. The van der Waals surface area contributed by atoms with Crippen molar-refractivity contribution in [1.29, 1.82) is 0 Å². The van der Waals surface area contributed by atoms with Crippen molar-refractivity contribution in [3.8, 4) is 0 Å². The van der Waals surface area contributed by atoms with Crippen LogP contribution >= 0.6 is 0 Å². The molecule has 2 N–H and O–H groups in total. The van der Waals surface area contributed by atoms with E-state index in [2.05, 4.69) is 12.1 Å². The molecule has 1 rings (SSSR count). The maximum atomic E-state index is 8.81. The lowest BCUT2D eigenvalue weighted by Crippen LogP contribution is -2.17. The van der Waals surface area contributed by atoms with Crippen LogP contribution in [-0.4, -0.2) is 12.3 Å². The van der Waals surface area contributed by atoms with Gasteiger partial charge in [0.05, 0.1) is 0 Å². The fourth-order valence-electron chi connectivity index (χ4n) is 0.986. The van der Waals surface area contributed by atoms with Gasteiger partial charge < -0.3 is 10.5 Å². The molecule has 1 atom stereocenters. The van der Waals surface area contributed by atoms with Crippen molar-refractivity contribution in [2.45, 2.75) is 26.3 Å². The lowest BCUT2D eigenvalue weighted by atomic mass is 10.1. The smallest absolute Gasteiger partial charge is 0.116 e. The van der Waals surface area contributed by atoms with E-state index in [4.69, 9.17) is 10.5 Å². The molecule has 2 nitrogen and oxygen atoms in total. The van der Waals surface area contributed by atoms with Crippen LogP contribution in [0.3, 0.4) is 0 Å². The van der Waals surface area contributed by atoms with Crippen molar-refractivity contribution in [3.63, 3.8) is 0 Å². The standard InChI is InChI=1S/C9H13N.C2H4O/c1-8(10)7-9-5-3-2-4-6-9;1-2-3/h2-6,8H,7,10H2,1H3;2H,1H3. The normalized spacial score (nSPS) is 11.0. The minimum Gasteiger partial charge on any atom is -0.328 e. The van der Waals surface area contributed by atoms with Gasteiger partial charge in [-0.05, 0) is 25.8 Å². The molecule has 0 saturated carbocycles. The summed E-state index contributed by atoms with van der Waals surface area (Å²) in [6.45, 7) is 3.47. The molecule has 0 aliphatic rings. The zero-order chi connectivity index (χ0) is 10.1. The maximum absolute atomic E-state index is 8.81. The Morgan fingerprint density at radius 2 is 1.85 bits per heavy atom. The Labute approximate surface area is 79.8 Å². The first-order chi connectivity index (χ1) is 6.20. The SMILES string of the molecule is CC(N)Cc1ccccc1.CC=O. The van der Waals surface area contributed by atoms with Gasteiger partial charge in [0.2, 0.25) is 0 Å². The average molecular weight is 179 g/mol. The van der Waals surface area contributed by atoms with Crippen molar-refractivity contribution in [2.24, 2.45) is 5.73 Å². The molecule has 1 unspecified atom stereocenters. The molecule has 0 heterocycles. The summed E-state index contributed by atoms with van der Waals surface area (Å²) in [5, 5.41) is 0. The third kappa shape index (κ3) is 7.22. The van der Waals surface area contributed by atoms with E-state index >= 15 is 0 Å². The minimum atomic E-state index is 0.266. The fourth-order valence-corrected chi connectivity index (χ4v) is 0.986. The molecule has 0 aliphatic carbocycles. The topological polar surface area (TPSA) is 43.1 Å². The molecule has 0 aliphatic heterocycles. The third-order valence-corrected chi connectivity index (χ3v) is 1.40. The van der Waals surface area contributed by atoms with Crippen LogP contribution in [0.25, 0.3) is 0 Å². The molecule has 0 radical (unpaired) electrons. The Hall–Kier alpha value is -1.15. The van der Waals surface area contributed by atoms with Crippen LogP contribution in [0.5, 0.6) is 0 Å². The van der Waals surface area contributed by atoms with Crippen molar-refractivity contribution in [3.05, 3.63) is 35.9 Å². The summed E-state index contributed by atoms with van der Waals surface area (Å²) in [7, 11) is 0. The Bertz CT molecular complexity index is 219. The minimum absolute atomic E-state index is 0.266. The van der Waals surface area contributed by atoms with Gasteiger partial charge in [0.25, 0.3) is 0 Å². The predicted molar refractivity (Wildman–Crippen MR) is 55.5 cm³/mol. The molecule has 13 heavy (non-hydrogen) atoms. The van der Waals surface area contributed by atoms with Gasteiger partial charge in [-0.1, -0.05) is 30.3 Å². The van der Waals surface area contributed by atoms with E-state index in [0.717, 1.165) is 12.7 Å². The van der Waals surface area contributed by atoms with Crippen molar-refractivity contribution >= 4 is 6.29 Å². The number of aldehydes is 1. The Morgan fingerprint density at radius 1 is 1.38 bits per heavy atom. The second-order valence-electron chi connectivity index (χ2n) is 2.90. The van der Waals surface area contributed by atoms with Crippen molar-refractivity contribution in [2.75, 3.05) is 0 Å². The molecule has 0 fully saturated rings. The molecule has 2 heteroatoms. The van der Waals surface area contributed by atoms with Crippen molar-refractivity contribution < 1.29 is 4.79 Å². The van der Waals surface area contributed by atoms with Crippen LogP contribution in [0.2, 0.25) is 0 Å². The Kier molecular flexibility index (Phi) is 6.83. The largest absolute Gasteiger partial charge is 0.328 e. The molecule has 1 aromatic carbocycles. The van der Waals surface area contributed by atoms with E-state index in [1.54, 1.807) is 0 Å². The van der Waals surface area contributed by atoms with E-state index in [0.29, 0.717) is 0 Å². The van der Waals surface area contributed by atoms with Crippen LogP contribution in [0.4, 0.5) is 0 Å². The lowest BCUT2D eigenvalue weighted by Gasteiger charge is -2.02. The van der Waals surface area contributed by atoms with E-state index in [1.807, 2.05) is 25.1 Å². The number of hydrogen-bond donors (Lipinski definition) is 1. The van der Waals surface area contributed by atoms with E-state index < -0.39 is 0 Å². The maximum Gasteiger partial charge on any atom is 0.116 e. The van der Waals surface area contributed by atoms with Gasteiger partial charge in [0, 0.05) is 6.04 Å². The molecule has 0 spiro atoms. The number of carbonyl (C=O) groups excluding carboxylic acids is 1. The zero-order valence-electron chi connectivity index (χ0n) is 8.23. The number of rotatable bonds is 2. The summed E-state index contributed by atoms with van der Waals surface area (Å²) in [6.07, 6.45) is 1.72. The van der Waals surface area contributed by atoms with Crippen molar-refractivity contribution in [1.82, 2.24) is 0 Å². The second-order valence-corrected chi connectivity index (χ2v) is 2.90. The van der Waals surface area contributed by atoms with Crippen LogP contribution in [-0.2, 0) is 11.2 Å². The van der Waals surface area contributed by atoms with Crippen LogP contribution in [0.1, 0.15) is 19.4 Å². The molecule has 72 valence electrons. The first-order valence-electron chi connectivity index (χ1n) is 4.40. The first-order valence-corrected chi connectivity index (χ1v) is 4.40. The van der Waals surface area contributed by atoms with Crippen LogP contribution in [0.15, 0.2) is 30.3 Å². The number of hydrogen-bond acceptors (Lipinski definition) is 2. The third-order valence-electron chi connectivity index (χ3n) is 1.40. The molecule has 0 aromatic heterocycles. The van der Waals surface area contributed by atoms with Crippen LogP contribution < -0.4 is 5.73 Å². The predicted octanol–water partition coefficient (Wildman–Crippen LogP) is 1.78. The lowest BCUT2D eigenvalue weighted by molar-refractivity contribution is -0.106. The summed E-state index contributed by atoms with van der Waals surface area (Å²) in [4.78, 5) is 8.81. The molecule has 0 saturated heterocycles. The highest BCUT2D eigenvalue weighted by molar-refractivity contribution is 5.44. The van der Waals surface area contributed by atoms with Gasteiger partial charge in [-0.15, -0.1) is 0 Å².